The van der Waals surface area contributed by atoms with Gasteiger partial charge in [0.1, 0.15) is 11.6 Å². The van der Waals surface area contributed by atoms with Gasteiger partial charge in [-0.05, 0) is 35.9 Å². The number of nitrogens with zero attached hydrogens (tertiary/aromatic N) is 3. The maximum Gasteiger partial charge on any atom is 0.255 e. The summed E-state index contributed by atoms with van der Waals surface area (Å²) in [5.41, 5.74) is 4.73. The van der Waals surface area contributed by atoms with Gasteiger partial charge in [-0.25, -0.2) is 4.98 Å². The van der Waals surface area contributed by atoms with Crippen LogP contribution in [0.25, 0.3) is 22.3 Å². The monoisotopic (exact) mass is 387 g/mol. The highest BCUT2D eigenvalue weighted by molar-refractivity contribution is 5.84. The summed E-state index contributed by atoms with van der Waals surface area (Å²) in [6.45, 7) is 2.21. The van der Waals surface area contributed by atoms with E-state index in [9.17, 15) is 4.79 Å². The van der Waals surface area contributed by atoms with E-state index in [0.29, 0.717) is 12.4 Å². The number of H-pyrrole nitrogens is 2. The molecule has 0 fully saturated rings. The maximum atomic E-state index is 12.7. The Morgan fingerprint density at radius 1 is 1.21 bits per heavy atom. The Labute approximate surface area is 167 Å². The highest BCUT2D eigenvalue weighted by atomic mass is 16.5. The molecule has 0 radical (unpaired) electrons. The summed E-state index contributed by atoms with van der Waals surface area (Å²) in [5.74, 6) is 1.44. The summed E-state index contributed by atoms with van der Waals surface area (Å²) in [6, 6.07) is 9.73. The minimum Gasteiger partial charge on any atom is -0.497 e. The first-order valence-electron chi connectivity index (χ1n) is 9.60. The molecule has 1 aromatic carbocycles. The first-order valence-corrected chi connectivity index (χ1v) is 9.60. The normalized spacial score (nSPS) is 14.1. The minimum absolute atomic E-state index is 0.0629. The van der Waals surface area contributed by atoms with E-state index in [0.717, 1.165) is 53.0 Å². The van der Waals surface area contributed by atoms with Crippen molar-refractivity contribution in [2.24, 2.45) is 0 Å². The zero-order valence-corrected chi connectivity index (χ0v) is 16.1. The number of fused-ring (bicyclic) bond motifs is 2. The van der Waals surface area contributed by atoms with E-state index < -0.39 is 0 Å². The summed E-state index contributed by atoms with van der Waals surface area (Å²) < 4.78 is 5.36. The van der Waals surface area contributed by atoms with E-state index in [1.807, 2.05) is 30.5 Å². The van der Waals surface area contributed by atoms with Gasteiger partial charge in [0, 0.05) is 61.1 Å². The van der Waals surface area contributed by atoms with E-state index in [2.05, 4.69) is 25.9 Å². The third-order valence-electron chi connectivity index (χ3n) is 5.47. The summed E-state index contributed by atoms with van der Waals surface area (Å²) in [5, 5.41) is 1.15. The second kappa shape index (κ2) is 7.18. The Morgan fingerprint density at radius 2 is 2.07 bits per heavy atom. The second-order valence-corrected chi connectivity index (χ2v) is 7.26. The lowest BCUT2D eigenvalue weighted by Gasteiger charge is -2.27. The molecule has 0 amide bonds. The zero-order valence-electron chi connectivity index (χ0n) is 16.1. The molecule has 0 unspecified atom stereocenters. The minimum atomic E-state index is -0.0629. The molecule has 7 nitrogen and oxygen atoms in total. The molecule has 4 aromatic rings. The van der Waals surface area contributed by atoms with Crippen LogP contribution in [0.2, 0.25) is 0 Å². The number of hydrogen-bond donors (Lipinski definition) is 2. The van der Waals surface area contributed by atoms with Crippen molar-refractivity contribution in [2.45, 2.75) is 19.5 Å². The van der Waals surface area contributed by atoms with Crippen molar-refractivity contribution in [3.63, 3.8) is 0 Å². The van der Waals surface area contributed by atoms with E-state index >= 15 is 0 Å². The Kier molecular flexibility index (Phi) is 4.37. The number of aromatic nitrogens is 4. The lowest BCUT2D eigenvalue weighted by molar-refractivity contribution is 0.242. The summed E-state index contributed by atoms with van der Waals surface area (Å²) in [6.07, 6.45) is 6.19. The lowest BCUT2D eigenvalue weighted by Crippen LogP contribution is -2.35. The second-order valence-electron chi connectivity index (χ2n) is 7.26. The molecule has 4 heterocycles. The van der Waals surface area contributed by atoms with Gasteiger partial charge >= 0.3 is 0 Å². The molecular formula is C22H21N5O2. The fraction of sp³-hybridized carbons (Fsp3) is 0.227. The average molecular weight is 387 g/mol. The van der Waals surface area contributed by atoms with Crippen molar-refractivity contribution >= 4 is 10.9 Å². The van der Waals surface area contributed by atoms with Gasteiger partial charge in [-0.1, -0.05) is 0 Å². The number of rotatable bonds is 4. The Morgan fingerprint density at radius 3 is 2.90 bits per heavy atom. The zero-order chi connectivity index (χ0) is 19.8. The predicted octanol–water partition coefficient (Wildman–Crippen LogP) is 2.88. The van der Waals surface area contributed by atoms with Crippen LogP contribution in [0.5, 0.6) is 5.75 Å². The molecule has 0 atom stereocenters. The van der Waals surface area contributed by atoms with Crippen LogP contribution in [-0.4, -0.2) is 38.5 Å². The molecule has 0 bridgehead atoms. The van der Waals surface area contributed by atoms with E-state index in [1.54, 1.807) is 19.5 Å². The lowest BCUT2D eigenvalue weighted by atomic mass is 10.1. The molecule has 146 valence electrons. The van der Waals surface area contributed by atoms with Gasteiger partial charge in [0.15, 0.2) is 0 Å². The van der Waals surface area contributed by atoms with Crippen LogP contribution in [0.3, 0.4) is 0 Å². The summed E-state index contributed by atoms with van der Waals surface area (Å²) >= 11 is 0. The van der Waals surface area contributed by atoms with Crippen molar-refractivity contribution in [3.05, 3.63) is 76.1 Å². The molecule has 7 heteroatoms. The molecule has 0 saturated heterocycles. The molecule has 1 aliphatic rings. The number of nitrogens with one attached hydrogen (secondary N) is 2. The largest absolute Gasteiger partial charge is 0.497 e. The van der Waals surface area contributed by atoms with Crippen LogP contribution in [0.1, 0.15) is 16.8 Å². The Bertz CT molecular complexity index is 1230. The average Bonchev–Trinajstić information content (AvgIpc) is 3.16. The van der Waals surface area contributed by atoms with Gasteiger partial charge in [0.05, 0.1) is 18.4 Å². The predicted molar refractivity (Wildman–Crippen MR) is 111 cm³/mol. The Hall–Kier alpha value is -3.45. The molecule has 0 saturated carbocycles. The van der Waals surface area contributed by atoms with Gasteiger partial charge in [-0.3, -0.25) is 14.7 Å². The number of ether oxygens (including phenoxy) is 1. The smallest absolute Gasteiger partial charge is 0.255 e. The van der Waals surface area contributed by atoms with Crippen LogP contribution < -0.4 is 10.3 Å². The number of hydrogen-bond acceptors (Lipinski definition) is 5. The fourth-order valence-electron chi connectivity index (χ4n) is 3.92. The van der Waals surface area contributed by atoms with Gasteiger partial charge in [-0.2, -0.15) is 0 Å². The molecule has 3 aromatic heterocycles. The molecule has 1 aliphatic heterocycles. The summed E-state index contributed by atoms with van der Waals surface area (Å²) in [4.78, 5) is 30.0. The number of benzene rings is 1. The highest BCUT2D eigenvalue weighted by Crippen LogP contribution is 2.26. The van der Waals surface area contributed by atoms with Gasteiger partial charge in [0.2, 0.25) is 0 Å². The third-order valence-corrected chi connectivity index (χ3v) is 5.47. The van der Waals surface area contributed by atoms with Crippen molar-refractivity contribution < 1.29 is 4.74 Å². The molecule has 29 heavy (non-hydrogen) atoms. The first kappa shape index (κ1) is 17.6. The Balaban J connectivity index is 1.41. The SMILES string of the molecule is COc1ccc2[nH]cc(CN3CCc4nc(-c5ccncc5)[nH]c(=O)c4C3)c2c1. The first-order chi connectivity index (χ1) is 14.2. The summed E-state index contributed by atoms with van der Waals surface area (Å²) in [7, 11) is 1.68. The standard InChI is InChI=1S/C22H21N5O2/c1-29-16-2-3-19-17(10-16)15(11-24-19)12-27-9-6-20-18(13-27)22(28)26-21(25-20)14-4-7-23-8-5-14/h2-5,7-8,10-11,24H,6,9,12-13H2,1H3,(H,25,26,28). The molecular weight excluding hydrogens is 366 g/mol. The highest BCUT2D eigenvalue weighted by Gasteiger charge is 2.22. The molecule has 5 rings (SSSR count). The van der Waals surface area contributed by atoms with Gasteiger partial charge in [-0.15, -0.1) is 0 Å². The molecule has 0 spiro atoms. The van der Waals surface area contributed by atoms with E-state index in [-0.39, 0.29) is 5.56 Å². The van der Waals surface area contributed by atoms with Crippen LogP contribution in [0, 0.1) is 0 Å². The van der Waals surface area contributed by atoms with Crippen molar-refractivity contribution in [1.82, 2.24) is 24.8 Å². The van der Waals surface area contributed by atoms with Gasteiger partial charge in [0.25, 0.3) is 5.56 Å². The molecule has 0 aliphatic carbocycles. The number of pyridine rings is 1. The molecule has 2 N–H and O–H groups in total. The van der Waals surface area contributed by atoms with Crippen LogP contribution in [0.4, 0.5) is 0 Å². The van der Waals surface area contributed by atoms with Crippen LogP contribution in [-0.2, 0) is 19.5 Å². The topological polar surface area (TPSA) is 86.9 Å². The number of methoxy groups -OCH3 is 1. The van der Waals surface area contributed by atoms with Crippen molar-refractivity contribution in [2.75, 3.05) is 13.7 Å². The van der Waals surface area contributed by atoms with E-state index in [4.69, 9.17) is 9.72 Å². The van der Waals surface area contributed by atoms with Crippen molar-refractivity contribution in [3.8, 4) is 17.1 Å². The van der Waals surface area contributed by atoms with Crippen LogP contribution in [0.15, 0.2) is 53.7 Å². The fourth-order valence-corrected chi connectivity index (χ4v) is 3.92. The van der Waals surface area contributed by atoms with Gasteiger partial charge < -0.3 is 14.7 Å². The van der Waals surface area contributed by atoms with Crippen LogP contribution >= 0.6 is 0 Å². The number of aromatic amines is 2. The maximum absolute atomic E-state index is 12.7. The van der Waals surface area contributed by atoms with Crippen molar-refractivity contribution in [1.29, 1.82) is 0 Å². The van der Waals surface area contributed by atoms with E-state index in [1.165, 1.54) is 5.56 Å². The third kappa shape index (κ3) is 3.30. The quantitative estimate of drug-likeness (QED) is 0.562.